The van der Waals surface area contributed by atoms with Crippen molar-refractivity contribution in [1.29, 1.82) is 0 Å². The number of hydrogen-bond acceptors (Lipinski definition) is 2. The summed E-state index contributed by atoms with van der Waals surface area (Å²) in [6.45, 7) is 4.00. The van der Waals surface area contributed by atoms with Crippen molar-refractivity contribution in [3.63, 3.8) is 0 Å². The van der Waals surface area contributed by atoms with Crippen LogP contribution in [0.5, 0.6) is 5.75 Å². The summed E-state index contributed by atoms with van der Waals surface area (Å²) in [4.78, 5) is 12.3. The molecule has 1 aromatic rings. The van der Waals surface area contributed by atoms with Crippen LogP contribution in [0.1, 0.15) is 56.3 Å². The highest BCUT2D eigenvalue weighted by atomic mass is 16.5. The smallest absolute Gasteiger partial charge is 0.165 e. The molecule has 2 heteroatoms. The molecule has 0 bridgehead atoms. The van der Waals surface area contributed by atoms with Gasteiger partial charge in [-0.2, -0.15) is 0 Å². The Bertz CT molecular complexity index is 386. The lowest BCUT2D eigenvalue weighted by Crippen LogP contribution is -2.17. The van der Waals surface area contributed by atoms with Crippen molar-refractivity contribution in [3.05, 3.63) is 29.8 Å². The number of ketones is 1. The zero-order valence-electron chi connectivity index (χ0n) is 11.3. The predicted molar refractivity (Wildman–Crippen MR) is 73.1 cm³/mol. The van der Waals surface area contributed by atoms with E-state index in [4.69, 9.17) is 4.74 Å². The van der Waals surface area contributed by atoms with E-state index in [0.717, 1.165) is 24.2 Å². The van der Waals surface area contributed by atoms with E-state index in [9.17, 15) is 4.79 Å². The molecule has 1 aliphatic rings. The summed E-state index contributed by atoms with van der Waals surface area (Å²) in [6.07, 6.45) is 5.97. The van der Waals surface area contributed by atoms with Gasteiger partial charge in [-0.05, 0) is 51.0 Å². The van der Waals surface area contributed by atoms with Gasteiger partial charge >= 0.3 is 0 Å². The second-order valence-electron chi connectivity index (χ2n) is 5.39. The van der Waals surface area contributed by atoms with E-state index in [1.54, 1.807) is 0 Å². The van der Waals surface area contributed by atoms with E-state index >= 15 is 0 Å². The topological polar surface area (TPSA) is 26.3 Å². The van der Waals surface area contributed by atoms with Crippen molar-refractivity contribution in [1.82, 2.24) is 0 Å². The minimum atomic E-state index is 0.171. The number of rotatable bonds is 4. The Balaban J connectivity index is 2.02. The third-order valence-corrected chi connectivity index (χ3v) is 3.49. The molecular formula is C16H22O2. The van der Waals surface area contributed by atoms with E-state index in [1.165, 1.54) is 19.3 Å². The Morgan fingerprint density at radius 1 is 1.11 bits per heavy atom. The van der Waals surface area contributed by atoms with Gasteiger partial charge in [0.15, 0.2) is 5.78 Å². The summed E-state index contributed by atoms with van der Waals surface area (Å²) in [7, 11) is 0. The Morgan fingerprint density at radius 2 is 1.72 bits per heavy atom. The largest absolute Gasteiger partial charge is 0.491 e. The van der Waals surface area contributed by atoms with Crippen molar-refractivity contribution in [3.8, 4) is 5.75 Å². The van der Waals surface area contributed by atoms with Crippen LogP contribution in [0.15, 0.2) is 24.3 Å². The lowest BCUT2D eigenvalue weighted by molar-refractivity contribution is 0.0889. The molecule has 0 saturated heterocycles. The summed E-state index contributed by atoms with van der Waals surface area (Å²) < 4.78 is 5.58. The number of hydrogen-bond donors (Lipinski definition) is 0. The SMILES string of the molecule is CC(C)Oc1ccc(C(=O)C2CCCCC2)cc1. The molecule has 1 aliphatic carbocycles. The average Bonchev–Trinajstić information content (AvgIpc) is 2.39. The summed E-state index contributed by atoms with van der Waals surface area (Å²) in [5, 5.41) is 0. The Morgan fingerprint density at radius 3 is 2.28 bits per heavy atom. The molecule has 1 saturated carbocycles. The van der Waals surface area contributed by atoms with E-state index in [-0.39, 0.29) is 12.0 Å². The van der Waals surface area contributed by atoms with Crippen molar-refractivity contribution in [2.75, 3.05) is 0 Å². The quantitative estimate of drug-likeness (QED) is 0.743. The van der Waals surface area contributed by atoms with Gasteiger partial charge in [0.25, 0.3) is 0 Å². The third kappa shape index (κ3) is 3.34. The first-order valence-corrected chi connectivity index (χ1v) is 6.98. The first-order valence-electron chi connectivity index (χ1n) is 6.98. The first-order chi connectivity index (χ1) is 8.66. The Hall–Kier alpha value is -1.31. The molecule has 0 unspecified atom stereocenters. The summed E-state index contributed by atoms with van der Waals surface area (Å²) in [5.41, 5.74) is 0.831. The molecule has 0 atom stereocenters. The number of ether oxygens (including phenoxy) is 1. The number of Topliss-reactive ketones (excluding diaryl/α,β-unsaturated/α-hetero) is 1. The molecule has 1 aromatic carbocycles. The van der Waals surface area contributed by atoms with Crippen molar-refractivity contribution < 1.29 is 9.53 Å². The maximum Gasteiger partial charge on any atom is 0.165 e. The number of carbonyl (C=O) groups excluding carboxylic acids is 1. The van der Waals surface area contributed by atoms with Crippen molar-refractivity contribution in [2.45, 2.75) is 52.1 Å². The van der Waals surface area contributed by atoms with Crippen LogP contribution in [0, 0.1) is 5.92 Å². The van der Waals surface area contributed by atoms with E-state index in [2.05, 4.69) is 0 Å². The predicted octanol–water partition coefficient (Wildman–Crippen LogP) is 4.24. The molecule has 0 aromatic heterocycles. The van der Waals surface area contributed by atoms with Crippen LogP contribution in [0.2, 0.25) is 0 Å². The summed E-state index contributed by atoms with van der Waals surface area (Å²) in [5.74, 6) is 1.40. The molecule has 0 aliphatic heterocycles. The molecule has 0 heterocycles. The van der Waals surface area contributed by atoms with Crippen molar-refractivity contribution in [2.24, 2.45) is 5.92 Å². The van der Waals surface area contributed by atoms with E-state index in [0.29, 0.717) is 5.78 Å². The van der Waals surface area contributed by atoms with Gasteiger partial charge in [0.05, 0.1) is 6.10 Å². The van der Waals surface area contributed by atoms with Gasteiger partial charge < -0.3 is 4.74 Å². The van der Waals surface area contributed by atoms with Crippen LogP contribution in [0.25, 0.3) is 0 Å². The highest BCUT2D eigenvalue weighted by Crippen LogP contribution is 2.27. The molecule has 0 amide bonds. The highest BCUT2D eigenvalue weighted by Gasteiger charge is 2.22. The Kier molecular flexibility index (Phi) is 4.40. The molecule has 0 N–H and O–H groups in total. The number of carbonyl (C=O) groups is 1. The normalized spacial score (nSPS) is 16.8. The van der Waals surface area contributed by atoms with Crippen LogP contribution in [-0.4, -0.2) is 11.9 Å². The fraction of sp³-hybridized carbons (Fsp3) is 0.562. The van der Waals surface area contributed by atoms with E-state index < -0.39 is 0 Å². The van der Waals surface area contributed by atoms with Gasteiger partial charge in [-0.3, -0.25) is 4.79 Å². The maximum absolute atomic E-state index is 12.3. The highest BCUT2D eigenvalue weighted by molar-refractivity contribution is 5.97. The summed E-state index contributed by atoms with van der Waals surface area (Å²) in [6, 6.07) is 7.59. The first kappa shape index (κ1) is 13.1. The second kappa shape index (κ2) is 6.03. The minimum absolute atomic E-state index is 0.171. The van der Waals surface area contributed by atoms with Crippen molar-refractivity contribution >= 4 is 5.78 Å². The number of benzene rings is 1. The van der Waals surface area contributed by atoms with Gasteiger partial charge in [0.1, 0.15) is 5.75 Å². The third-order valence-electron chi connectivity index (χ3n) is 3.49. The Labute approximate surface area is 109 Å². The molecular weight excluding hydrogens is 224 g/mol. The molecule has 0 spiro atoms. The summed E-state index contributed by atoms with van der Waals surface area (Å²) >= 11 is 0. The standard InChI is InChI=1S/C16H22O2/c1-12(2)18-15-10-8-14(9-11-15)16(17)13-6-4-3-5-7-13/h8-13H,3-7H2,1-2H3. The molecule has 98 valence electrons. The van der Waals surface area contributed by atoms with Crippen LogP contribution < -0.4 is 4.74 Å². The van der Waals surface area contributed by atoms with Crippen LogP contribution in [0.4, 0.5) is 0 Å². The van der Waals surface area contributed by atoms with Gasteiger partial charge in [-0.1, -0.05) is 19.3 Å². The molecule has 18 heavy (non-hydrogen) atoms. The molecule has 1 fully saturated rings. The lowest BCUT2D eigenvalue weighted by atomic mass is 9.84. The second-order valence-corrected chi connectivity index (χ2v) is 5.39. The van der Waals surface area contributed by atoms with Crippen LogP contribution in [0.3, 0.4) is 0 Å². The van der Waals surface area contributed by atoms with Gasteiger partial charge in [0.2, 0.25) is 0 Å². The monoisotopic (exact) mass is 246 g/mol. The van der Waals surface area contributed by atoms with Gasteiger partial charge in [0, 0.05) is 11.5 Å². The molecule has 0 radical (unpaired) electrons. The van der Waals surface area contributed by atoms with Crippen LogP contribution in [-0.2, 0) is 0 Å². The van der Waals surface area contributed by atoms with Crippen LogP contribution >= 0.6 is 0 Å². The molecule has 2 rings (SSSR count). The van der Waals surface area contributed by atoms with E-state index in [1.807, 2.05) is 38.1 Å². The maximum atomic E-state index is 12.3. The lowest BCUT2D eigenvalue weighted by Gasteiger charge is -2.20. The fourth-order valence-electron chi connectivity index (χ4n) is 2.57. The minimum Gasteiger partial charge on any atom is -0.491 e. The van der Waals surface area contributed by atoms with Gasteiger partial charge in [-0.25, -0.2) is 0 Å². The van der Waals surface area contributed by atoms with Gasteiger partial charge in [-0.15, -0.1) is 0 Å². The molecule has 2 nitrogen and oxygen atoms in total. The zero-order chi connectivity index (χ0) is 13.0. The average molecular weight is 246 g/mol. The zero-order valence-corrected chi connectivity index (χ0v) is 11.3. The fourth-order valence-corrected chi connectivity index (χ4v) is 2.57.